The second-order valence-corrected chi connectivity index (χ2v) is 7.11. The van der Waals surface area contributed by atoms with Crippen molar-refractivity contribution in [3.63, 3.8) is 0 Å². The maximum atomic E-state index is 13.4. The molecule has 2 aromatic heterocycles. The van der Waals surface area contributed by atoms with Crippen molar-refractivity contribution in [1.29, 1.82) is 0 Å². The van der Waals surface area contributed by atoms with Crippen LogP contribution in [0, 0.1) is 0 Å². The van der Waals surface area contributed by atoms with Crippen LogP contribution >= 0.6 is 0 Å². The number of nitrogens with one attached hydrogen (secondary N) is 1. The lowest BCUT2D eigenvalue weighted by Crippen LogP contribution is -2.40. The third-order valence-electron chi connectivity index (χ3n) is 4.84. The summed E-state index contributed by atoms with van der Waals surface area (Å²) in [7, 11) is 0. The standard InChI is InChI=1S/C20H19F3N6O2/c21-20(22,23)16-15(28-18(31-16)12-4-2-1-3-5-12)17(30)27-14-10-25-19(26-11-14)29-8-6-13(24)7-9-29/h1-5,10-11,13H,6-9,24H2,(H,27,30). The molecule has 1 saturated heterocycles. The van der Waals surface area contributed by atoms with Crippen LogP contribution in [0.4, 0.5) is 24.8 Å². The van der Waals surface area contributed by atoms with Gasteiger partial charge in [-0.1, -0.05) is 18.2 Å². The highest BCUT2D eigenvalue weighted by Gasteiger charge is 2.42. The number of halogens is 3. The fourth-order valence-corrected chi connectivity index (χ4v) is 3.21. The predicted octanol–water partition coefficient (Wildman–Crippen LogP) is 3.33. The molecular formula is C20H19F3N6O2. The normalized spacial score (nSPS) is 15.2. The molecule has 11 heteroatoms. The second-order valence-electron chi connectivity index (χ2n) is 7.11. The fourth-order valence-electron chi connectivity index (χ4n) is 3.21. The molecule has 1 aromatic carbocycles. The number of hydrogen-bond acceptors (Lipinski definition) is 7. The first-order valence-electron chi connectivity index (χ1n) is 9.58. The van der Waals surface area contributed by atoms with Crippen LogP contribution in [0.2, 0.25) is 0 Å². The molecule has 1 fully saturated rings. The van der Waals surface area contributed by atoms with Gasteiger partial charge in [-0.05, 0) is 25.0 Å². The summed E-state index contributed by atoms with van der Waals surface area (Å²) in [5, 5.41) is 2.35. The van der Waals surface area contributed by atoms with Crippen molar-refractivity contribution < 1.29 is 22.4 Å². The first-order valence-corrected chi connectivity index (χ1v) is 9.58. The Morgan fingerprint density at radius 1 is 1.13 bits per heavy atom. The van der Waals surface area contributed by atoms with Crippen molar-refractivity contribution in [1.82, 2.24) is 15.0 Å². The van der Waals surface area contributed by atoms with Crippen molar-refractivity contribution in [2.45, 2.75) is 25.1 Å². The van der Waals surface area contributed by atoms with Gasteiger partial charge in [0.1, 0.15) is 0 Å². The zero-order valence-electron chi connectivity index (χ0n) is 16.3. The third kappa shape index (κ3) is 4.66. The number of alkyl halides is 3. The summed E-state index contributed by atoms with van der Waals surface area (Å²) in [5.74, 6) is -2.37. The van der Waals surface area contributed by atoms with E-state index in [0.29, 0.717) is 24.6 Å². The van der Waals surface area contributed by atoms with Gasteiger partial charge in [-0.15, -0.1) is 0 Å². The fraction of sp³-hybridized carbons (Fsp3) is 0.300. The van der Waals surface area contributed by atoms with E-state index in [1.54, 1.807) is 18.2 Å². The third-order valence-corrected chi connectivity index (χ3v) is 4.84. The van der Waals surface area contributed by atoms with Gasteiger partial charge in [0.15, 0.2) is 5.69 Å². The number of hydrogen-bond donors (Lipinski definition) is 2. The Hall–Kier alpha value is -3.47. The number of oxazole rings is 1. The van der Waals surface area contributed by atoms with Crippen LogP contribution in [-0.2, 0) is 6.18 Å². The smallest absolute Gasteiger partial charge is 0.431 e. The number of benzene rings is 1. The van der Waals surface area contributed by atoms with Crippen LogP contribution in [-0.4, -0.2) is 40.0 Å². The van der Waals surface area contributed by atoms with E-state index in [9.17, 15) is 18.0 Å². The highest BCUT2D eigenvalue weighted by molar-refractivity contribution is 6.03. The number of aromatic nitrogens is 3. The molecule has 0 spiro atoms. The second kappa shape index (κ2) is 8.34. The van der Waals surface area contributed by atoms with Crippen LogP contribution < -0.4 is 16.0 Å². The van der Waals surface area contributed by atoms with E-state index >= 15 is 0 Å². The molecule has 8 nitrogen and oxygen atoms in total. The van der Waals surface area contributed by atoms with Gasteiger partial charge in [-0.2, -0.15) is 13.2 Å². The van der Waals surface area contributed by atoms with E-state index in [1.807, 2.05) is 4.90 Å². The molecule has 0 bridgehead atoms. The predicted molar refractivity (Wildman–Crippen MR) is 106 cm³/mol. The number of amides is 1. The molecule has 31 heavy (non-hydrogen) atoms. The summed E-state index contributed by atoms with van der Waals surface area (Å²) in [6, 6.07) is 8.18. The number of carbonyl (C=O) groups is 1. The van der Waals surface area contributed by atoms with Gasteiger partial charge in [0, 0.05) is 24.7 Å². The molecule has 4 rings (SSSR count). The van der Waals surface area contributed by atoms with Gasteiger partial charge in [0.05, 0.1) is 18.1 Å². The Kier molecular flexibility index (Phi) is 5.59. The van der Waals surface area contributed by atoms with Crippen LogP contribution in [0.5, 0.6) is 0 Å². The summed E-state index contributed by atoms with van der Waals surface area (Å²) >= 11 is 0. The number of nitrogens with two attached hydrogens (primary N) is 1. The van der Waals surface area contributed by atoms with Gasteiger partial charge >= 0.3 is 6.18 Å². The molecule has 0 unspecified atom stereocenters. The number of carbonyl (C=O) groups excluding carboxylic acids is 1. The summed E-state index contributed by atoms with van der Waals surface area (Å²) in [4.78, 5) is 26.7. The van der Waals surface area contributed by atoms with E-state index in [2.05, 4.69) is 20.3 Å². The maximum absolute atomic E-state index is 13.4. The SMILES string of the molecule is NC1CCN(c2ncc(NC(=O)c3nc(-c4ccccc4)oc3C(F)(F)F)cn2)CC1. The molecule has 3 heterocycles. The molecular weight excluding hydrogens is 413 g/mol. The lowest BCUT2D eigenvalue weighted by molar-refractivity contribution is -0.153. The molecule has 0 atom stereocenters. The quantitative estimate of drug-likeness (QED) is 0.651. The topological polar surface area (TPSA) is 110 Å². The monoisotopic (exact) mass is 432 g/mol. The minimum absolute atomic E-state index is 0.139. The lowest BCUT2D eigenvalue weighted by atomic mass is 10.1. The van der Waals surface area contributed by atoms with Crippen molar-refractivity contribution in [3.05, 3.63) is 54.2 Å². The van der Waals surface area contributed by atoms with E-state index in [1.165, 1.54) is 24.5 Å². The number of rotatable bonds is 4. The lowest BCUT2D eigenvalue weighted by Gasteiger charge is -2.30. The Balaban J connectivity index is 1.53. The van der Waals surface area contributed by atoms with Gasteiger partial charge in [0.25, 0.3) is 5.91 Å². The molecule has 0 aliphatic carbocycles. The number of nitrogens with zero attached hydrogens (tertiary/aromatic N) is 4. The molecule has 1 amide bonds. The molecule has 0 radical (unpaired) electrons. The van der Waals surface area contributed by atoms with Gasteiger partial charge in [-0.25, -0.2) is 15.0 Å². The molecule has 3 aromatic rings. The minimum Gasteiger partial charge on any atom is -0.431 e. The number of anilines is 2. The van der Waals surface area contributed by atoms with Crippen LogP contribution in [0.1, 0.15) is 29.1 Å². The molecule has 1 aliphatic rings. The Bertz CT molecular complexity index is 1050. The van der Waals surface area contributed by atoms with E-state index in [-0.39, 0.29) is 17.6 Å². The molecule has 0 saturated carbocycles. The zero-order valence-corrected chi connectivity index (χ0v) is 16.3. The summed E-state index contributed by atoms with van der Waals surface area (Å²) < 4.78 is 45.1. The average molecular weight is 432 g/mol. The van der Waals surface area contributed by atoms with Crippen molar-refractivity contribution in [3.8, 4) is 11.5 Å². The number of piperidine rings is 1. The summed E-state index contributed by atoms with van der Waals surface area (Å²) in [6.07, 6.45) is -0.585. The van der Waals surface area contributed by atoms with Crippen LogP contribution in [0.15, 0.2) is 47.1 Å². The Morgan fingerprint density at radius 3 is 2.39 bits per heavy atom. The Morgan fingerprint density at radius 2 is 1.77 bits per heavy atom. The van der Waals surface area contributed by atoms with E-state index in [4.69, 9.17) is 10.2 Å². The highest BCUT2D eigenvalue weighted by atomic mass is 19.4. The first-order chi connectivity index (χ1) is 14.8. The van der Waals surface area contributed by atoms with Crippen LogP contribution in [0.25, 0.3) is 11.5 Å². The Labute approximate surface area is 175 Å². The summed E-state index contributed by atoms with van der Waals surface area (Å²) in [5.41, 5.74) is 5.48. The van der Waals surface area contributed by atoms with E-state index in [0.717, 1.165) is 12.8 Å². The summed E-state index contributed by atoms with van der Waals surface area (Å²) in [6.45, 7) is 1.42. The van der Waals surface area contributed by atoms with Crippen LogP contribution in [0.3, 0.4) is 0 Å². The molecule has 1 aliphatic heterocycles. The van der Waals surface area contributed by atoms with Gasteiger partial charge in [-0.3, -0.25) is 4.79 Å². The first kappa shape index (κ1) is 20.8. The largest absolute Gasteiger partial charge is 0.452 e. The zero-order chi connectivity index (χ0) is 22.0. The molecule has 3 N–H and O–H groups in total. The minimum atomic E-state index is -4.89. The molecule has 162 valence electrons. The van der Waals surface area contributed by atoms with Crippen molar-refractivity contribution in [2.75, 3.05) is 23.3 Å². The van der Waals surface area contributed by atoms with Crippen molar-refractivity contribution >= 4 is 17.5 Å². The van der Waals surface area contributed by atoms with E-state index < -0.39 is 23.5 Å². The maximum Gasteiger partial charge on any atom is 0.452 e. The van der Waals surface area contributed by atoms with Gasteiger partial charge in [0.2, 0.25) is 17.6 Å². The average Bonchev–Trinajstić information content (AvgIpc) is 3.22. The van der Waals surface area contributed by atoms with Crippen molar-refractivity contribution in [2.24, 2.45) is 5.73 Å². The highest BCUT2D eigenvalue weighted by Crippen LogP contribution is 2.35. The van der Waals surface area contributed by atoms with Gasteiger partial charge < -0.3 is 20.4 Å².